The predicted octanol–water partition coefficient (Wildman–Crippen LogP) is 4.46. The average molecular weight is 405 g/mol. The van der Waals surface area contributed by atoms with Crippen LogP contribution in [0.1, 0.15) is 5.76 Å². The minimum Gasteiger partial charge on any atom is -0.457 e. The van der Waals surface area contributed by atoms with Gasteiger partial charge in [0.25, 0.3) is 11.6 Å². The molecule has 0 saturated carbocycles. The van der Waals surface area contributed by atoms with Gasteiger partial charge in [-0.2, -0.15) is 0 Å². The van der Waals surface area contributed by atoms with E-state index in [0.29, 0.717) is 33.6 Å². The maximum atomic E-state index is 12.9. The highest BCUT2D eigenvalue weighted by atomic mass is 32.1. The third kappa shape index (κ3) is 3.41. The molecule has 0 spiro atoms. The van der Waals surface area contributed by atoms with Crippen molar-refractivity contribution in [3.05, 3.63) is 88.3 Å². The van der Waals surface area contributed by atoms with Crippen LogP contribution in [0.15, 0.2) is 76.8 Å². The molecule has 8 heteroatoms. The molecule has 1 saturated heterocycles. The first kappa shape index (κ1) is 18.6. The average Bonchev–Trinajstić information content (AvgIpc) is 3.28. The van der Waals surface area contributed by atoms with E-state index in [9.17, 15) is 14.9 Å². The Balaban J connectivity index is 1.62. The Kier molecular flexibility index (Phi) is 4.69. The molecule has 7 nitrogen and oxygen atoms in total. The summed E-state index contributed by atoms with van der Waals surface area (Å²) in [6.45, 7) is 0. The van der Waals surface area contributed by atoms with Gasteiger partial charge in [0.15, 0.2) is 5.11 Å². The number of hydrogen-bond donors (Lipinski definition) is 0. The van der Waals surface area contributed by atoms with Gasteiger partial charge in [0.1, 0.15) is 17.2 Å². The first-order valence-electron chi connectivity index (χ1n) is 8.69. The molecule has 0 N–H and O–H groups in total. The van der Waals surface area contributed by atoms with Crippen LogP contribution < -0.4 is 4.90 Å². The molecule has 3 aromatic rings. The fourth-order valence-corrected chi connectivity index (χ4v) is 3.32. The summed E-state index contributed by atoms with van der Waals surface area (Å²) in [5.74, 6) is 0.783. The third-order valence-corrected chi connectivity index (χ3v) is 5.00. The summed E-state index contributed by atoms with van der Waals surface area (Å²) in [4.78, 5) is 26.4. The SMILES string of the molecule is CN1C(=S)N(c2ccccc2)C(=O)/C1=C/c1ccc(-c2ccc([N+](=O)[O-])cc2)o1. The molecule has 0 atom stereocenters. The number of thiocarbonyl (C=S) groups is 1. The second kappa shape index (κ2) is 7.33. The molecule has 0 radical (unpaired) electrons. The number of para-hydroxylation sites is 1. The lowest BCUT2D eigenvalue weighted by molar-refractivity contribution is -0.384. The number of furan rings is 1. The van der Waals surface area contributed by atoms with Crippen molar-refractivity contribution in [2.24, 2.45) is 0 Å². The Morgan fingerprint density at radius 3 is 2.38 bits per heavy atom. The molecule has 0 aliphatic carbocycles. The van der Waals surface area contributed by atoms with Crippen LogP contribution in [-0.2, 0) is 4.79 Å². The third-order valence-electron chi connectivity index (χ3n) is 4.54. The normalized spacial score (nSPS) is 15.4. The van der Waals surface area contributed by atoms with Gasteiger partial charge < -0.3 is 9.32 Å². The maximum Gasteiger partial charge on any atom is 0.281 e. The number of rotatable bonds is 4. The van der Waals surface area contributed by atoms with E-state index in [4.69, 9.17) is 16.6 Å². The number of amides is 1. The smallest absolute Gasteiger partial charge is 0.281 e. The van der Waals surface area contributed by atoms with Crippen molar-refractivity contribution in [3.63, 3.8) is 0 Å². The van der Waals surface area contributed by atoms with Crippen LogP contribution in [0.5, 0.6) is 0 Å². The highest BCUT2D eigenvalue weighted by molar-refractivity contribution is 7.80. The minimum atomic E-state index is -0.454. The number of anilines is 1. The first-order chi connectivity index (χ1) is 14.0. The first-order valence-corrected chi connectivity index (χ1v) is 9.10. The molecule has 2 aromatic carbocycles. The van der Waals surface area contributed by atoms with Crippen molar-refractivity contribution < 1.29 is 14.1 Å². The Morgan fingerprint density at radius 1 is 1.03 bits per heavy atom. The standard InChI is InChI=1S/C21H15N3O4S/c1-22-18(20(25)23(21(22)29)15-5-3-2-4-6-15)13-17-11-12-19(28-17)14-7-9-16(10-8-14)24(26)27/h2-13H,1H3/b18-13-. The summed E-state index contributed by atoms with van der Waals surface area (Å²) in [5.41, 5.74) is 1.80. The van der Waals surface area contributed by atoms with Crippen molar-refractivity contribution in [1.82, 2.24) is 4.90 Å². The summed E-state index contributed by atoms with van der Waals surface area (Å²) < 4.78 is 5.82. The van der Waals surface area contributed by atoms with E-state index in [0.717, 1.165) is 0 Å². The molecule has 2 heterocycles. The number of hydrogen-bond acceptors (Lipinski definition) is 5. The van der Waals surface area contributed by atoms with Gasteiger partial charge in [-0.25, -0.2) is 0 Å². The number of nitro benzene ring substituents is 1. The van der Waals surface area contributed by atoms with Gasteiger partial charge in [-0.15, -0.1) is 0 Å². The van der Waals surface area contributed by atoms with E-state index in [2.05, 4.69) is 0 Å². The predicted molar refractivity (Wildman–Crippen MR) is 113 cm³/mol. The zero-order valence-corrected chi connectivity index (χ0v) is 16.1. The number of carbonyl (C=O) groups excluding carboxylic acids is 1. The fraction of sp³-hybridized carbons (Fsp3) is 0.0476. The van der Waals surface area contributed by atoms with Crippen molar-refractivity contribution in [2.45, 2.75) is 0 Å². The highest BCUT2D eigenvalue weighted by Gasteiger charge is 2.36. The van der Waals surface area contributed by atoms with Crippen molar-refractivity contribution in [1.29, 1.82) is 0 Å². The van der Waals surface area contributed by atoms with Crippen molar-refractivity contribution in [3.8, 4) is 11.3 Å². The van der Waals surface area contributed by atoms with E-state index in [-0.39, 0.29) is 11.6 Å². The zero-order chi connectivity index (χ0) is 20.5. The zero-order valence-electron chi connectivity index (χ0n) is 15.3. The summed E-state index contributed by atoms with van der Waals surface area (Å²) in [6, 6.07) is 18.8. The van der Waals surface area contributed by atoms with Crippen molar-refractivity contribution >= 4 is 40.7 Å². The summed E-state index contributed by atoms with van der Waals surface area (Å²) >= 11 is 5.44. The van der Waals surface area contributed by atoms with Gasteiger partial charge in [-0.3, -0.25) is 19.8 Å². The molecular weight excluding hydrogens is 390 g/mol. The molecule has 0 unspecified atom stereocenters. The van der Waals surface area contributed by atoms with Crippen LogP contribution >= 0.6 is 12.2 Å². The van der Waals surface area contributed by atoms with E-state index in [1.807, 2.05) is 30.3 Å². The molecule has 4 rings (SSSR count). The minimum absolute atomic E-state index is 0.00957. The summed E-state index contributed by atoms with van der Waals surface area (Å²) in [6.07, 6.45) is 1.63. The lowest BCUT2D eigenvalue weighted by Crippen LogP contribution is -2.30. The number of carbonyl (C=O) groups is 1. The Labute approximate surface area is 171 Å². The monoisotopic (exact) mass is 405 g/mol. The quantitative estimate of drug-likeness (QED) is 0.276. The van der Waals surface area contributed by atoms with E-state index < -0.39 is 4.92 Å². The molecular formula is C21H15N3O4S. The van der Waals surface area contributed by atoms with Gasteiger partial charge in [0, 0.05) is 30.8 Å². The van der Waals surface area contributed by atoms with Gasteiger partial charge in [-0.05, 0) is 48.6 Å². The number of nitro groups is 1. The van der Waals surface area contributed by atoms with Crippen LogP contribution in [0.25, 0.3) is 17.4 Å². The summed E-state index contributed by atoms with van der Waals surface area (Å²) in [7, 11) is 1.73. The van der Waals surface area contributed by atoms with Crippen LogP contribution in [0.2, 0.25) is 0 Å². The van der Waals surface area contributed by atoms with Crippen LogP contribution in [0.4, 0.5) is 11.4 Å². The molecule has 1 fully saturated rings. The maximum absolute atomic E-state index is 12.9. The highest BCUT2D eigenvalue weighted by Crippen LogP contribution is 2.30. The van der Waals surface area contributed by atoms with Gasteiger partial charge in [0.05, 0.1) is 10.6 Å². The number of benzene rings is 2. The Hall–Kier alpha value is -3.78. The van der Waals surface area contributed by atoms with Crippen molar-refractivity contribution in [2.75, 3.05) is 11.9 Å². The van der Waals surface area contributed by atoms with Crippen LogP contribution in [0, 0.1) is 10.1 Å². The molecule has 1 aromatic heterocycles. The topological polar surface area (TPSA) is 79.8 Å². The Bertz CT molecular complexity index is 1140. The van der Waals surface area contributed by atoms with Gasteiger partial charge >= 0.3 is 0 Å². The lowest BCUT2D eigenvalue weighted by atomic mass is 10.1. The van der Waals surface area contributed by atoms with Crippen LogP contribution in [-0.4, -0.2) is 27.9 Å². The Morgan fingerprint density at radius 2 is 1.72 bits per heavy atom. The number of likely N-dealkylation sites (N-methyl/N-ethyl adjacent to an activating group) is 1. The van der Waals surface area contributed by atoms with Crippen LogP contribution in [0.3, 0.4) is 0 Å². The fourth-order valence-electron chi connectivity index (χ4n) is 3.03. The van der Waals surface area contributed by atoms with E-state index >= 15 is 0 Å². The molecule has 1 aliphatic rings. The largest absolute Gasteiger partial charge is 0.457 e. The molecule has 0 bridgehead atoms. The number of nitrogens with zero attached hydrogens (tertiary/aromatic N) is 3. The second-order valence-corrected chi connectivity index (χ2v) is 6.72. The molecule has 1 amide bonds. The van der Waals surface area contributed by atoms with E-state index in [1.54, 1.807) is 42.3 Å². The second-order valence-electron chi connectivity index (χ2n) is 6.35. The summed E-state index contributed by atoms with van der Waals surface area (Å²) in [5, 5.41) is 11.2. The van der Waals surface area contributed by atoms with Gasteiger partial charge in [-0.1, -0.05) is 18.2 Å². The lowest BCUT2D eigenvalue weighted by Gasteiger charge is -2.16. The van der Waals surface area contributed by atoms with Gasteiger partial charge in [0.2, 0.25) is 0 Å². The molecule has 144 valence electrons. The van der Waals surface area contributed by atoms with E-state index in [1.165, 1.54) is 17.0 Å². The molecule has 1 aliphatic heterocycles. The number of non-ortho nitro benzene ring substituents is 1. The molecule has 29 heavy (non-hydrogen) atoms.